The molecule has 1 fully saturated rings. The van der Waals surface area contributed by atoms with Gasteiger partial charge >= 0.3 is 11.8 Å². The molecule has 2 aromatic rings. The normalized spacial score (nSPS) is 13.7. The van der Waals surface area contributed by atoms with Crippen LogP contribution < -0.4 is 15.4 Å². The molecule has 0 spiro atoms. The minimum atomic E-state index is -0.753. The number of amides is 3. The number of carbonyl (C=O) groups is 3. The zero-order valence-corrected chi connectivity index (χ0v) is 18.9. The number of nitro groups is 1. The average Bonchev–Trinajstić information content (AvgIpc) is 2.85. The van der Waals surface area contributed by atoms with Gasteiger partial charge in [0.25, 0.3) is 11.6 Å². The van der Waals surface area contributed by atoms with E-state index in [0.717, 1.165) is 0 Å². The van der Waals surface area contributed by atoms with E-state index in [9.17, 15) is 24.5 Å². The van der Waals surface area contributed by atoms with Crippen LogP contribution in [0.2, 0.25) is 0 Å². The van der Waals surface area contributed by atoms with Gasteiger partial charge in [0.05, 0.1) is 11.5 Å². The number of benzene rings is 2. The number of hydrogen-bond acceptors (Lipinski definition) is 7. The quantitative estimate of drug-likeness (QED) is 0.340. The van der Waals surface area contributed by atoms with E-state index in [1.54, 1.807) is 35.2 Å². The van der Waals surface area contributed by atoms with E-state index in [1.807, 2.05) is 6.92 Å². The van der Waals surface area contributed by atoms with E-state index in [4.69, 9.17) is 4.74 Å². The lowest BCUT2D eigenvalue weighted by Crippen LogP contribution is -2.50. The van der Waals surface area contributed by atoms with Gasteiger partial charge in [-0.1, -0.05) is 6.07 Å². The van der Waals surface area contributed by atoms with Crippen LogP contribution in [-0.2, 0) is 9.59 Å². The van der Waals surface area contributed by atoms with Crippen molar-refractivity contribution in [3.05, 3.63) is 64.2 Å². The number of rotatable bonds is 8. The van der Waals surface area contributed by atoms with Gasteiger partial charge in [-0.25, -0.2) is 0 Å². The van der Waals surface area contributed by atoms with E-state index in [-0.39, 0.29) is 23.7 Å². The maximum absolute atomic E-state index is 12.6. The fraction of sp³-hybridized carbons (Fsp3) is 0.348. The van der Waals surface area contributed by atoms with Crippen LogP contribution in [-0.4, -0.2) is 78.3 Å². The van der Waals surface area contributed by atoms with Crippen molar-refractivity contribution in [2.45, 2.75) is 6.92 Å². The average molecular weight is 469 g/mol. The Hall–Kier alpha value is -3.99. The molecule has 11 nitrogen and oxygen atoms in total. The van der Waals surface area contributed by atoms with Crippen molar-refractivity contribution in [3.63, 3.8) is 0 Å². The van der Waals surface area contributed by atoms with E-state index in [1.165, 1.54) is 18.2 Å². The fourth-order valence-electron chi connectivity index (χ4n) is 3.51. The lowest BCUT2D eigenvalue weighted by molar-refractivity contribution is -0.384. The third kappa shape index (κ3) is 6.75. The van der Waals surface area contributed by atoms with Crippen LogP contribution in [0, 0.1) is 10.1 Å². The summed E-state index contributed by atoms with van der Waals surface area (Å²) in [4.78, 5) is 50.9. The summed E-state index contributed by atoms with van der Waals surface area (Å²) < 4.78 is 5.34. The number of hydrogen-bond donors (Lipinski definition) is 2. The van der Waals surface area contributed by atoms with Crippen molar-refractivity contribution >= 4 is 29.1 Å². The van der Waals surface area contributed by atoms with E-state index in [0.29, 0.717) is 50.8 Å². The molecule has 1 heterocycles. The molecular weight excluding hydrogens is 442 g/mol. The molecule has 2 N–H and O–H groups in total. The van der Waals surface area contributed by atoms with Crippen molar-refractivity contribution in [1.29, 1.82) is 0 Å². The summed E-state index contributed by atoms with van der Waals surface area (Å²) in [5.74, 6) is -1.05. The second-order valence-corrected chi connectivity index (χ2v) is 7.61. The number of anilines is 1. The molecule has 3 amide bonds. The molecule has 0 atom stereocenters. The first-order chi connectivity index (χ1) is 16.4. The van der Waals surface area contributed by atoms with Gasteiger partial charge < -0.3 is 20.3 Å². The molecule has 34 heavy (non-hydrogen) atoms. The van der Waals surface area contributed by atoms with Crippen LogP contribution in [0.3, 0.4) is 0 Å². The fourth-order valence-corrected chi connectivity index (χ4v) is 3.51. The Morgan fingerprint density at radius 3 is 2.38 bits per heavy atom. The van der Waals surface area contributed by atoms with Crippen LogP contribution in [0.1, 0.15) is 17.3 Å². The van der Waals surface area contributed by atoms with Crippen LogP contribution in [0.25, 0.3) is 0 Å². The predicted molar refractivity (Wildman–Crippen MR) is 125 cm³/mol. The van der Waals surface area contributed by atoms with Crippen molar-refractivity contribution in [3.8, 4) is 5.75 Å². The van der Waals surface area contributed by atoms with E-state index >= 15 is 0 Å². The third-order valence-electron chi connectivity index (χ3n) is 5.31. The lowest BCUT2D eigenvalue weighted by atomic mass is 10.1. The standard InChI is InChI=1S/C23H27N5O6/c1-2-34-20-8-6-18(7-9-20)25-22(30)21(29)24-10-11-26-12-14-27(15-13-26)23(31)17-4-3-5-19(16-17)28(32)33/h3-9,16H,2,10-15H2,1H3,(H,24,29)(H,25,30). The number of nitrogens with one attached hydrogen (secondary N) is 2. The van der Waals surface area contributed by atoms with Gasteiger partial charge in [-0.3, -0.25) is 29.4 Å². The SMILES string of the molecule is CCOc1ccc(NC(=O)C(=O)NCCN2CCN(C(=O)c3cccc([N+](=O)[O-])c3)CC2)cc1. The molecule has 0 aliphatic carbocycles. The molecule has 0 radical (unpaired) electrons. The number of nitrogens with zero attached hydrogens (tertiary/aromatic N) is 3. The first-order valence-electron chi connectivity index (χ1n) is 11.0. The summed E-state index contributed by atoms with van der Waals surface area (Å²) in [6, 6.07) is 12.4. The molecule has 1 aliphatic rings. The summed E-state index contributed by atoms with van der Waals surface area (Å²) in [6.45, 7) is 5.34. The van der Waals surface area contributed by atoms with E-state index in [2.05, 4.69) is 15.5 Å². The Morgan fingerprint density at radius 2 is 1.74 bits per heavy atom. The Morgan fingerprint density at radius 1 is 1.03 bits per heavy atom. The minimum absolute atomic E-state index is 0.119. The van der Waals surface area contributed by atoms with Gasteiger partial charge in [-0.2, -0.15) is 0 Å². The summed E-state index contributed by atoms with van der Waals surface area (Å²) in [7, 11) is 0. The Kier molecular flexibility index (Phi) is 8.52. The van der Waals surface area contributed by atoms with Crippen molar-refractivity contribution < 1.29 is 24.0 Å². The highest BCUT2D eigenvalue weighted by Gasteiger charge is 2.23. The molecule has 0 aromatic heterocycles. The van der Waals surface area contributed by atoms with Gasteiger partial charge in [-0.15, -0.1) is 0 Å². The maximum atomic E-state index is 12.6. The predicted octanol–water partition coefficient (Wildman–Crippen LogP) is 1.51. The van der Waals surface area contributed by atoms with E-state index < -0.39 is 16.7 Å². The Labute approximate surface area is 196 Å². The van der Waals surface area contributed by atoms with Crippen molar-refractivity contribution in [2.75, 3.05) is 51.2 Å². The molecule has 0 bridgehead atoms. The summed E-state index contributed by atoms with van der Waals surface area (Å²) in [6.07, 6.45) is 0. The zero-order valence-electron chi connectivity index (χ0n) is 18.9. The second-order valence-electron chi connectivity index (χ2n) is 7.61. The number of non-ortho nitro benzene ring substituents is 1. The molecule has 2 aromatic carbocycles. The first kappa shape index (κ1) is 24.6. The van der Waals surface area contributed by atoms with Gasteiger partial charge in [0.15, 0.2) is 0 Å². The highest BCUT2D eigenvalue weighted by molar-refractivity contribution is 6.39. The molecule has 1 aliphatic heterocycles. The first-order valence-corrected chi connectivity index (χ1v) is 11.0. The number of piperazine rings is 1. The maximum Gasteiger partial charge on any atom is 0.313 e. The molecule has 1 saturated heterocycles. The summed E-state index contributed by atoms with van der Waals surface area (Å²) in [5, 5.41) is 16.1. The van der Waals surface area contributed by atoms with Gasteiger partial charge in [-0.05, 0) is 37.3 Å². The molecule has 11 heteroatoms. The van der Waals surface area contributed by atoms with Crippen LogP contribution in [0.5, 0.6) is 5.75 Å². The zero-order chi connectivity index (χ0) is 24.5. The molecule has 0 unspecified atom stereocenters. The topological polar surface area (TPSA) is 134 Å². The largest absolute Gasteiger partial charge is 0.494 e. The summed E-state index contributed by atoms with van der Waals surface area (Å²) in [5.41, 5.74) is 0.661. The number of ether oxygens (including phenoxy) is 1. The summed E-state index contributed by atoms with van der Waals surface area (Å²) >= 11 is 0. The highest BCUT2D eigenvalue weighted by atomic mass is 16.6. The van der Waals surface area contributed by atoms with Gasteiger partial charge in [0, 0.05) is 62.7 Å². The Bertz CT molecular complexity index is 1030. The number of carbonyl (C=O) groups excluding carboxylic acids is 3. The lowest BCUT2D eigenvalue weighted by Gasteiger charge is -2.34. The second kappa shape index (κ2) is 11.8. The Balaban J connectivity index is 1.38. The third-order valence-corrected chi connectivity index (χ3v) is 5.31. The van der Waals surface area contributed by atoms with Gasteiger partial charge in [0.2, 0.25) is 0 Å². The van der Waals surface area contributed by atoms with Crippen LogP contribution >= 0.6 is 0 Å². The highest BCUT2D eigenvalue weighted by Crippen LogP contribution is 2.16. The minimum Gasteiger partial charge on any atom is -0.494 e. The van der Waals surface area contributed by atoms with Gasteiger partial charge in [0.1, 0.15) is 5.75 Å². The molecular formula is C23H27N5O6. The number of nitro benzene ring substituents is 1. The molecule has 0 saturated carbocycles. The smallest absolute Gasteiger partial charge is 0.313 e. The molecule has 3 rings (SSSR count). The van der Waals surface area contributed by atoms with Crippen LogP contribution in [0.4, 0.5) is 11.4 Å². The van der Waals surface area contributed by atoms with Crippen LogP contribution in [0.15, 0.2) is 48.5 Å². The molecule has 180 valence electrons. The van der Waals surface area contributed by atoms with Crippen molar-refractivity contribution in [1.82, 2.24) is 15.1 Å². The van der Waals surface area contributed by atoms with Crippen molar-refractivity contribution in [2.24, 2.45) is 0 Å². The monoisotopic (exact) mass is 469 g/mol.